The van der Waals surface area contributed by atoms with Gasteiger partial charge in [0.1, 0.15) is 17.7 Å². The van der Waals surface area contributed by atoms with E-state index in [0.717, 1.165) is 5.56 Å². The summed E-state index contributed by atoms with van der Waals surface area (Å²) in [7, 11) is 0. The van der Waals surface area contributed by atoms with Gasteiger partial charge in [-0.15, -0.1) is 0 Å². The Morgan fingerprint density at radius 2 is 1.89 bits per heavy atom. The van der Waals surface area contributed by atoms with Gasteiger partial charge >= 0.3 is 0 Å². The topological polar surface area (TPSA) is 70.2 Å². The fourth-order valence-corrected chi connectivity index (χ4v) is 3.29. The third kappa shape index (κ3) is 3.78. The van der Waals surface area contributed by atoms with Crippen LogP contribution in [0.2, 0.25) is 0 Å². The zero-order valence-electron chi connectivity index (χ0n) is 15.2. The molecule has 1 saturated heterocycles. The fourth-order valence-electron chi connectivity index (χ4n) is 3.29. The SMILES string of the molecule is O=C1NCCN(c2ccnc(NCc3ccccc3F)n2)C1c1ccccc1. The molecule has 2 N–H and O–H groups in total. The number of piperazine rings is 1. The summed E-state index contributed by atoms with van der Waals surface area (Å²) in [6.07, 6.45) is 1.64. The summed E-state index contributed by atoms with van der Waals surface area (Å²) < 4.78 is 13.8. The first-order valence-electron chi connectivity index (χ1n) is 9.12. The van der Waals surface area contributed by atoms with E-state index in [9.17, 15) is 9.18 Å². The van der Waals surface area contributed by atoms with Crippen LogP contribution in [0, 0.1) is 5.82 Å². The first kappa shape index (κ1) is 17.9. The zero-order valence-corrected chi connectivity index (χ0v) is 15.2. The maximum absolute atomic E-state index is 13.8. The summed E-state index contributed by atoms with van der Waals surface area (Å²) in [5.41, 5.74) is 1.44. The number of aromatic nitrogens is 2. The van der Waals surface area contributed by atoms with Gasteiger partial charge in [0.2, 0.25) is 11.9 Å². The van der Waals surface area contributed by atoms with Crippen LogP contribution in [-0.4, -0.2) is 29.0 Å². The molecule has 1 unspecified atom stereocenters. The van der Waals surface area contributed by atoms with Crippen molar-refractivity contribution < 1.29 is 9.18 Å². The Labute approximate surface area is 162 Å². The van der Waals surface area contributed by atoms with Gasteiger partial charge in [-0.3, -0.25) is 4.79 Å². The van der Waals surface area contributed by atoms with Gasteiger partial charge in [0, 0.05) is 31.4 Å². The Morgan fingerprint density at radius 3 is 2.71 bits per heavy atom. The molecule has 1 aromatic heterocycles. The van der Waals surface area contributed by atoms with E-state index < -0.39 is 6.04 Å². The number of rotatable bonds is 5. The van der Waals surface area contributed by atoms with Crippen molar-refractivity contribution in [2.75, 3.05) is 23.3 Å². The molecule has 0 spiro atoms. The summed E-state index contributed by atoms with van der Waals surface area (Å²) in [5, 5.41) is 5.97. The van der Waals surface area contributed by atoms with Crippen molar-refractivity contribution >= 4 is 17.7 Å². The Morgan fingerprint density at radius 1 is 1.11 bits per heavy atom. The Balaban J connectivity index is 1.57. The van der Waals surface area contributed by atoms with Gasteiger partial charge in [-0.05, 0) is 17.7 Å². The van der Waals surface area contributed by atoms with E-state index in [1.54, 1.807) is 30.5 Å². The van der Waals surface area contributed by atoms with Crippen molar-refractivity contribution in [3.05, 3.63) is 83.8 Å². The molecular weight excluding hydrogens is 357 g/mol. The second-order valence-electron chi connectivity index (χ2n) is 6.48. The maximum atomic E-state index is 13.8. The van der Waals surface area contributed by atoms with Gasteiger partial charge in [0.15, 0.2) is 0 Å². The highest BCUT2D eigenvalue weighted by atomic mass is 19.1. The monoisotopic (exact) mass is 377 g/mol. The molecule has 0 aliphatic carbocycles. The third-order valence-corrected chi connectivity index (χ3v) is 4.66. The first-order valence-corrected chi connectivity index (χ1v) is 9.12. The largest absolute Gasteiger partial charge is 0.352 e. The second-order valence-corrected chi connectivity index (χ2v) is 6.48. The molecule has 7 heteroatoms. The van der Waals surface area contributed by atoms with Crippen molar-refractivity contribution in [1.29, 1.82) is 0 Å². The van der Waals surface area contributed by atoms with Crippen LogP contribution in [-0.2, 0) is 11.3 Å². The van der Waals surface area contributed by atoms with Crippen molar-refractivity contribution in [2.24, 2.45) is 0 Å². The molecule has 28 heavy (non-hydrogen) atoms. The summed E-state index contributed by atoms with van der Waals surface area (Å²) in [6.45, 7) is 1.46. The first-order chi connectivity index (χ1) is 13.7. The van der Waals surface area contributed by atoms with Crippen LogP contribution in [0.3, 0.4) is 0 Å². The van der Waals surface area contributed by atoms with Crippen LogP contribution in [0.4, 0.5) is 16.2 Å². The van der Waals surface area contributed by atoms with E-state index in [-0.39, 0.29) is 18.3 Å². The van der Waals surface area contributed by atoms with E-state index in [1.165, 1.54) is 6.07 Å². The number of hydrogen-bond acceptors (Lipinski definition) is 5. The number of carbonyl (C=O) groups excluding carboxylic acids is 1. The third-order valence-electron chi connectivity index (χ3n) is 4.66. The van der Waals surface area contributed by atoms with Crippen LogP contribution in [0.5, 0.6) is 0 Å². The highest BCUT2D eigenvalue weighted by Crippen LogP contribution is 2.28. The average Bonchev–Trinajstić information content (AvgIpc) is 2.74. The molecule has 1 amide bonds. The van der Waals surface area contributed by atoms with Crippen LogP contribution >= 0.6 is 0 Å². The average molecular weight is 377 g/mol. The predicted molar refractivity (Wildman–Crippen MR) is 105 cm³/mol. The quantitative estimate of drug-likeness (QED) is 0.716. The minimum absolute atomic E-state index is 0.0584. The molecule has 2 heterocycles. The van der Waals surface area contributed by atoms with Gasteiger partial charge < -0.3 is 15.5 Å². The predicted octanol–water partition coefficient (Wildman–Crippen LogP) is 2.91. The fraction of sp³-hybridized carbons (Fsp3) is 0.190. The molecule has 0 saturated carbocycles. The van der Waals surface area contributed by atoms with Crippen molar-refractivity contribution in [2.45, 2.75) is 12.6 Å². The molecule has 1 aliphatic heterocycles. The summed E-state index contributed by atoms with van der Waals surface area (Å²) in [6, 6.07) is 17.5. The van der Waals surface area contributed by atoms with Crippen molar-refractivity contribution in [3.8, 4) is 0 Å². The van der Waals surface area contributed by atoms with Crippen molar-refractivity contribution in [3.63, 3.8) is 0 Å². The van der Waals surface area contributed by atoms with Crippen LogP contribution in [0.15, 0.2) is 66.9 Å². The van der Waals surface area contributed by atoms with E-state index in [2.05, 4.69) is 20.6 Å². The molecule has 0 bridgehead atoms. The molecular formula is C21H20FN5O. The Bertz CT molecular complexity index is 966. The molecule has 2 aromatic carbocycles. The number of nitrogens with zero attached hydrogens (tertiary/aromatic N) is 3. The van der Waals surface area contributed by atoms with E-state index in [0.29, 0.717) is 30.4 Å². The molecule has 142 valence electrons. The highest BCUT2D eigenvalue weighted by Gasteiger charge is 2.32. The van der Waals surface area contributed by atoms with Crippen LogP contribution < -0.4 is 15.5 Å². The molecule has 6 nitrogen and oxygen atoms in total. The van der Waals surface area contributed by atoms with Gasteiger partial charge in [-0.25, -0.2) is 9.37 Å². The number of benzene rings is 2. The zero-order chi connectivity index (χ0) is 19.3. The standard InChI is InChI=1S/C21H20FN5O/c22-17-9-5-4-8-16(17)14-25-21-24-11-10-18(26-21)27-13-12-23-20(28)19(27)15-6-2-1-3-7-15/h1-11,19H,12-14H2,(H,23,28)(H,24,25,26). The maximum Gasteiger partial charge on any atom is 0.247 e. The van der Waals surface area contributed by atoms with Gasteiger partial charge in [-0.1, -0.05) is 48.5 Å². The number of anilines is 2. The van der Waals surface area contributed by atoms with E-state index >= 15 is 0 Å². The number of halogens is 1. The lowest BCUT2D eigenvalue weighted by molar-refractivity contribution is -0.123. The number of nitrogens with one attached hydrogen (secondary N) is 2. The van der Waals surface area contributed by atoms with Crippen molar-refractivity contribution in [1.82, 2.24) is 15.3 Å². The number of hydrogen-bond donors (Lipinski definition) is 2. The highest BCUT2D eigenvalue weighted by molar-refractivity contribution is 5.87. The second kappa shape index (κ2) is 8.04. The van der Waals surface area contributed by atoms with E-state index in [4.69, 9.17) is 0 Å². The molecule has 3 aromatic rings. The summed E-state index contributed by atoms with van der Waals surface area (Å²) >= 11 is 0. The molecule has 1 aliphatic rings. The lowest BCUT2D eigenvalue weighted by Crippen LogP contribution is -2.50. The smallest absolute Gasteiger partial charge is 0.247 e. The molecule has 1 fully saturated rings. The minimum atomic E-state index is -0.454. The molecule has 0 radical (unpaired) electrons. The van der Waals surface area contributed by atoms with E-state index in [1.807, 2.05) is 35.2 Å². The van der Waals surface area contributed by atoms with Gasteiger partial charge in [0.25, 0.3) is 0 Å². The lowest BCUT2D eigenvalue weighted by Gasteiger charge is -2.36. The van der Waals surface area contributed by atoms with Gasteiger partial charge in [-0.2, -0.15) is 4.98 Å². The normalized spacial score (nSPS) is 16.5. The minimum Gasteiger partial charge on any atom is -0.352 e. The summed E-state index contributed by atoms with van der Waals surface area (Å²) in [4.78, 5) is 23.3. The van der Waals surface area contributed by atoms with Crippen LogP contribution in [0.25, 0.3) is 0 Å². The lowest BCUT2D eigenvalue weighted by atomic mass is 10.0. The Hall–Kier alpha value is -3.48. The number of amides is 1. The Kier molecular flexibility index (Phi) is 5.14. The van der Waals surface area contributed by atoms with Crippen LogP contribution in [0.1, 0.15) is 17.2 Å². The molecule has 1 atom stereocenters. The van der Waals surface area contributed by atoms with Gasteiger partial charge in [0.05, 0.1) is 0 Å². The summed E-state index contributed by atoms with van der Waals surface area (Å²) in [5.74, 6) is 0.702. The number of carbonyl (C=O) groups is 1. The molecule has 4 rings (SSSR count).